The lowest BCUT2D eigenvalue weighted by atomic mass is 9.95. The number of benzene rings is 2. The predicted molar refractivity (Wildman–Crippen MR) is 80.9 cm³/mol. The van der Waals surface area contributed by atoms with Gasteiger partial charge in [-0.05, 0) is 41.2 Å². The van der Waals surface area contributed by atoms with E-state index in [1.165, 1.54) is 54.0 Å². The summed E-state index contributed by atoms with van der Waals surface area (Å²) in [7, 11) is 0. The number of fused-ring (bicyclic) bond motifs is 1. The summed E-state index contributed by atoms with van der Waals surface area (Å²) in [5.74, 6) is 0. The van der Waals surface area contributed by atoms with Crippen LogP contribution in [-0.4, -0.2) is 0 Å². The lowest BCUT2D eigenvalue weighted by Gasteiger charge is -2.10. The average Bonchev–Trinajstić information content (AvgIpc) is 2.39. The highest BCUT2D eigenvalue weighted by Crippen LogP contribution is 2.23. The Labute approximate surface area is 111 Å². The van der Waals surface area contributed by atoms with Crippen molar-refractivity contribution < 1.29 is 0 Å². The minimum absolute atomic E-state index is 1.05. The van der Waals surface area contributed by atoms with E-state index in [9.17, 15) is 0 Å². The Bertz CT molecular complexity index is 496. The van der Waals surface area contributed by atoms with Gasteiger partial charge in [0, 0.05) is 0 Å². The van der Waals surface area contributed by atoms with E-state index in [-0.39, 0.29) is 0 Å². The normalized spacial score (nSPS) is 11.0. The molecule has 0 aliphatic rings. The molecular weight excluding hydrogens is 216 g/mol. The molecule has 0 aliphatic heterocycles. The van der Waals surface area contributed by atoms with Gasteiger partial charge in [-0.3, -0.25) is 0 Å². The Hall–Kier alpha value is -1.30. The molecule has 1 radical (unpaired) electrons. The van der Waals surface area contributed by atoms with Gasteiger partial charge in [0.25, 0.3) is 0 Å². The van der Waals surface area contributed by atoms with Crippen molar-refractivity contribution in [1.82, 2.24) is 0 Å². The summed E-state index contributed by atoms with van der Waals surface area (Å²) >= 11 is 0. The molecule has 0 bridgehead atoms. The van der Waals surface area contributed by atoms with Crippen LogP contribution >= 0.6 is 0 Å². The van der Waals surface area contributed by atoms with E-state index in [2.05, 4.69) is 50.2 Å². The first-order chi connectivity index (χ1) is 8.85. The molecule has 0 aliphatic carbocycles. The molecule has 95 valence electrons. The molecule has 0 heterocycles. The second-order valence-corrected chi connectivity index (χ2v) is 5.04. The molecule has 0 N–H and O–H groups in total. The number of hydrogen-bond acceptors (Lipinski definition) is 0. The molecule has 0 fully saturated rings. The number of hydrogen-bond donors (Lipinski definition) is 0. The van der Waals surface area contributed by atoms with Crippen LogP contribution < -0.4 is 0 Å². The van der Waals surface area contributed by atoms with Crippen molar-refractivity contribution in [3.8, 4) is 0 Å². The monoisotopic (exact) mass is 239 g/mol. The molecule has 2 aromatic rings. The second kappa shape index (κ2) is 6.58. The van der Waals surface area contributed by atoms with E-state index in [4.69, 9.17) is 0 Å². The van der Waals surface area contributed by atoms with Crippen molar-refractivity contribution in [2.45, 2.75) is 45.4 Å². The van der Waals surface area contributed by atoms with Crippen molar-refractivity contribution in [3.63, 3.8) is 0 Å². The zero-order chi connectivity index (χ0) is 12.8. The summed E-state index contributed by atoms with van der Waals surface area (Å²) < 4.78 is 0. The number of aryl methyl sites for hydroxylation is 2. The zero-order valence-electron chi connectivity index (χ0n) is 11.4. The quantitative estimate of drug-likeness (QED) is 0.597. The maximum absolute atomic E-state index is 3.93. The van der Waals surface area contributed by atoms with Gasteiger partial charge in [-0.15, -0.1) is 0 Å². The van der Waals surface area contributed by atoms with Crippen molar-refractivity contribution in [2.75, 3.05) is 0 Å². The molecule has 2 aromatic carbocycles. The number of unbranched alkanes of at least 4 members (excludes halogenated alkanes) is 2. The van der Waals surface area contributed by atoms with Crippen LogP contribution in [0, 0.1) is 6.92 Å². The number of rotatable bonds is 6. The van der Waals surface area contributed by atoms with Gasteiger partial charge in [-0.2, -0.15) is 0 Å². The van der Waals surface area contributed by atoms with Crippen LogP contribution in [0.3, 0.4) is 0 Å². The first-order valence-corrected chi connectivity index (χ1v) is 7.15. The van der Waals surface area contributed by atoms with Crippen molar-refractivity contribution in [3.05, 3.63) is 54.4 Å². The predicted octanol–water partition coefficient (Wildman–Crippen LogP) is 5.34. The molecule has 0 aromatic heterocycles. The second-order valence-electron chi connectivity index (χ2n) is 5.04. The molecule has 2 rings (SSSR count). The highest BCUT2D eigenvalue weighted by Gasteiger charge is 2.03. The summed E-state index contributed by atoms with van der Waals surface area (Å²) in [6.45, 7) is 6.17. The summed E-state index contributed by atoms with van der Waals surface area (Å²) in [5.41, 5.74) is 3.01. The van der Waals surface area contributed by atoms with Crippen LogP contribution in [-0.2, 0) is 12.8 Å². The van der Waals surface area contributed by atoms with Gasteiger partial charge in [-0.1, -0.05) is 69.5 Å². The third-order valence-corrected chi connectivity index (χ3v) is 3.49. The lowest BCUT2D eigenvalue weighted by Crippen LogP contribution is -1.92. The van der Waals surface area contributed by atoms with Crippen LogP contribution in [0.5, 0.6) is 0 Å². The molecule has 0 saturated heterocycles. The minimum atomic E-state index is 1.05. The summed E-state index contributed by atoms with van der Waals surface area (Å²) in [4.78, 5) is 0. The Morgan fingerprint density at radius 2 is 1.83 bits per heavy atom. The zero-order valence-corrected chi connectivity index (χ0v) is 11.4. The first-order valence-electron chi connectivity index (χ1n) is 7.15. The molecule has 0 atom stereocenters. The van der Waals surface area contributed by atoms with Gasteiger partial charge >= 0.3 is 0 Å². The maximum atomic E-state index is 3.93. The highest BCUT2D eigenvalue weighted by molar-refractivity contribution is 5.86. The molecule has 0 heteroatoms. The van der Waals surface area contributed by atoms with Crippen molar-refractivity contribution in [2.24, 2.45) is 0 Å². The van der Waals surface area contributed by atoms with Crippen LogP contribution in [0.25, 0.3) is 10.8 Å². The summed E-state index contributed by atoms with van der Waals surface area (Å²) in [6.07, 6.45) is 7.12. The van der Waals surface area contributed by atoms with E-state index >= 15 is 0 Å². The Kier molecular flexibility index (Phi) is 4.81. The van der Waals surface area contributed by atoms with Gasteiger partial charge in [0.15, 0.2) is 0 Å². The highest BCUT2D eigenvalue weighted by atomic mass is 14.1. The lowest BCUT2D eigenvalue weighted by molar-refractivity contribution is 0.748. The SMILES string of the molecule is [CH2]CCCCc1cc(CCC)cc2ccccc12. The third-order valence-electron chi connectivity index (χ3n) is 3.49. The van der Waals surface area contributed by atoms with E-state index in [0.29, 0.717) is 0 Å². The van der Waals surface area contributed by atoms with Crippen LogP contribution in [0.4, 0.5) is 0 Å². The van der Waals surface area contributed by atoms with E-state index in [0.717, 1.165) is 6.42 Å². The van der Waals surface area contributed by atoms with Crippen molar-refractivity contribution in [1.29, 1.82) is 0 Å². The van der Waals surface area contributed by atoms with Gasteiger partial charge in [0.05, 0.1) is 0 Å². The fourth-order valence-corrected chi connectivity index (χ4v) is 2.59. The maximum Gasteiger partial charge on any atom is -0.0152 e. The molecule has 0 saturated carbocycles. The molecule has 0 nitrogen and oxygen atoms in total. The Morgan fingerprint density at radius 1 is 1.00 bits per heavy atom. The van der Waals surface area contributed by atoms with E-state index < -0.39 is 0 Å². The van der Waals surface area contributed by atoms with E-state index in [1.54, 1.807) is 0 Å². The summed E-state index contributed by atoms with van der Waals surface area (Å²) in [5, 5.41) is 2.83. The standard InChI is InChI=1S/C18H23/c1-3-5-6-10-16-13-15(9-4-2)14-17-11-7-8-12-18(16)17/h7-8,11-14H,1,3-6,9-10H2,2H3. The molecule has 0 unspecified atom stereocenters. The molecule has 0 amide bonds. The fourth-order valence-electron chi connectivity index (χ4n) is 2.59. The molecule has 0 spiro atoms. The van der Waals surface area contributed by atoms with Gasteiger partial charge in [0.1, 0.15) is 0 Å². The van der Waals surface area contributed by atoms with Crippen LogP contribution in [0.15, 0.2) is 36.4 Å². The smallest absolute Gasteiger partial charge is 0.0152 e. The Morgan fingerprint density at radius 3 is 2.61 bits per heavy atom. The van der Waals surface area contributed by atoms with Crippen molar-refractivity contribution >= 4 is 10.8 Å². The fraction of sp³-hybridized carbons (Fsp3) is 0.389. The Balaban J connectivity index is 2.34. The first kappa shape index (κ1) is 13.1. The van der Waals surface area contributed by atoms with Gasteiger partial charge < -0.3 is 0 Å². The topological polar surface area (TPSA) is 0 Å². The molecular formula is C18H23. The van der Waals surface area contributed by atoms with Crippen LogP contribution in [0.1, 0.15) is 43.7 Å². The molecule has 18 heavy (non-hydrogen) atoms. The average molecular weight is 239 g/mol. The minimum Gasteiger partial charge on any atom is -0.0651 e. The van der Waals surface area contributed by atoms with Gasteiger partial charge in [0.2, 0.25) is 0 Å². The third kappa shape index (κ3) is 3.13. The van der Waals surface area contributed by atoms with E-state index in [1.807, 2.05) is 0 Å². The van der Waals surface area contributed by atoms with Crippen LogP contribution in [0.2, 0.25) is 0 Å². The largest absolute Gasteiger partial charge is 0.0651 e. The van der Waals surface area contributed by atoms with Gasteiger partial charge in [-0.25, -0.2) is 0 Å². The summed E-state index contributed by atoms with van der Waals surface area (Å²) in [6, 6.07) is 13.5.